The lowest BCUT2D eigenvalue weighted by Gasteiger charge is -2.13. The minimum Gasteiger partial charge on any atom is -0.439 e. The maximum Gasteiger partial charge on any atom is 0.219 e. The number of aliphatic imine (C=N–C) groups is 1. The van der Waals surface area contributed by atoms with Crippen molar-refractivity contribution in [3.8, 4) is 11.6 Å². The summed E-state index contributed by atoms with van der Waals surface area (Å²) in [5.74, 6) is 1.42. The van der Waals surface area contributed by atoms with E-state index in [0.717, 1.165) is 43.9 Å². The van der Waals surface area contributed by atoms with Crippen LogP contribution in [-0.2, 0) is 16.0 Å². The molecule has 0 saturated carbocycles. The summed E-state index contributed by atoms with van der Waals surface area (Å²) in [6.45, 7) is 3.59. The molecular weight excluding hydrogens is 387 g/mol. The Morgan fingerprint density at radius 3 is 2.80 bits per heavy atom. The number of benzene rings is 1. The number of rotatable bonds is 10. The molecule has 0 spiro atoms. The molecule has 162 valence electrons. The lowest BCUT2D eigenvalue weighted by Crippen LogP contribution is -2.37. The standard InChI is InChI=1S/C22H29FN4O3/c1-24-22(25-11-3-12-28-16-20-4-2-13-29-20)27-15-17-5-10-21(26-14-17)30-19-8-6-18(23)7-9-19/h5-10,14,20H,2-4,11-13,15-16H2,1H3,(H2,24,25,27). The SMILES string of the molecule is CN=C(NCCCOCC1CCCO1)NCc1ccc(Oc2ccc(F)cc2)nc1. The van der Waals surface area contributed by atoms with Gasteiger partial charge in [-0.15, -0.1) is 0 Å². The monoisotopic (exact) mass is 416 g/mol. The first-order valence-electron chi connectivity index (χ1n) is 10.2. The molecule has 0 bridgehead atoms. The van der Waals surface area contributed by atoms with Crippen LogP contribution in [0.25, 0.3) is 0 Å². The number of ether oxygens (including phenoxy) is 3. The van der Waals surface area contributed by atoms with Crippen LogP contribution in [0.1, 0.15) is 24.8 Å². The van der Waals surface area contributed by atoms with Gasteiger partial charge in [-0.2, -0.15) is 0 Å². The summed E-state index contributed by atoms with van der Waals surface area (Å²) in [6, 6.07) is 9.53. The highest BCUT2D eigenvalue weighted by molar-refractivity contribution is 5.79. The Morgan fingerprint density at radius 2 is 2.10 bits per heavy atom. The summed E-state index contributed by atoms with van der Waals surface area (Å²) in [4.78, 5) is 8.51. The number of hydrogen-bond acceptors (Lipinski definition) is 5. The third-order valence-electron chi connectivity index (χ3n) is 4.60. The average molecular weight is 416 g/mol. The molecule has 3 rings (SSSR count). The molecule has 0 amide bonds. The third kappa shape index (κ3) is 7.61. The number of halogens is 1. The van der Waals surface area contributed by atoms with E-state index in [4.69, 9.17) is 14.2 Å². The average Bonchev–Trinajstić information content (AvgIpc) is 3.29. The van der Waals surface area contributed by atoms with E-state index in [-0.39, 0.29) is 11.9 Å². The molecule has 1 aromatic carbocycles. The van der Waals surface area contributed by atoms with E-state index in [1.54, 1.807) is 31.4 Å². The van der Waals surface area contributed by atoms with E-state index in [2.05, 4.69) is 20.6 Å². The van der Waals surface area contributed by atoms with Gasteiger partial charge in [-0.05, 0) is 49.1 Å². The first-order chi connectivity index (χ1) is 14.7. The van der Waals surface area contributed by atoms with Crippen LogP contribution in [0.4, 0.5) is 4.39 Å². The van der Waals surface area contributed by atoms with Crippen molar-refractivity contribution in [1.29, 1.82) is 0 Å². The molecule has 1 aliphatic rings. The predicted octanol–water partition coefficient (Wildman–Crippen LogP) is 3.26. The van der Waals surface area contributed by atoms with E-state index >= 15 is 0 Å². The number of guanidine groups is 1. The Morgan fingerprint density at radius 1 is 1.23 bits per heavy atom. The van der Waals surface area contributed by atoms with Crippen LogP contribution in [0.15, 0.2) is 47.6 Å². The van der Waals surface area contributed by atoms with Crippen molar-refractivity contribution in [2.24, 2.45) is 4.99 Å². The van der Waals surface area contributed by atoms with Crippen molar-refractivity contribution in [1.82, 2.24) is 15.6 Å². The first kappa shape index (κ1) is 22.0. The molecule has 1 atom stereocenters. The van der Waals surface area contributed by atoms with Gasteiger partial charge in [0.15, 0.2) is 5.96 Å². The van der Waals surface area contributed by atoms with E-state index in [1.165, 1.54) is 12.1 Å². The Balaban J connectivity index is 1.31. The normalized spacial score (nSPS) is 16.5. The van der Waals surface area contributed by atoms with Crippen molar-refractivity contribution in [2.75, 3.05) is 33.4 Å². The van der Waals surface area contributed by atoms with Gasteiger partial charge in [-0.25, -0.2) is 9.37 Å². The van der Waals surface area contributed by atoms with Crippen molar-refractivity contribution in [3.63, 3.8) is 0 Å². The maximum atomic E-state index is 12.9. The number of hydrogen-bond donors (Lipinski definition) is 2. The largest absolute Gasteiger partial charge is 0.439 e. The summed E-state index contributed by atoms with van der Waals surface area (Å²) in [7, 11) is 1.74. The maximum absolute atomic E-state index is 12.9. The van der Waals surface area contributed by atoms with Crippen LogP contribution >= 0.6 is 0 Å². The van der Waals surface area contributed by atoms with E-state index in [1.807, 2.05) is 6.07 Å². The second-order valence-corrected chi connectivity index (χ2v) is 6.98. The number of pyridine rings is 1. The molecule has 2 aromatic rings. The van der Waals surface area contributed by atoms with Gasteiger partial charge in [-0.3, -0.25) is 4.99 Å². The van der Waals surface area contributed by atoms with Crippen LogP contribution in [0.5, 0.6) is 11.6 Å². The highest BCUT2D eigenvalue weighted by Crippen LogP contribution is 2.19. The Labute approximate surface area is 176 Å². The molecule has 8 heteroatoms. The van der Waals surface area contributed by atoms with Gasteiger partial charge < -0.3 is 24.8 Å². The molecule has 7 nitrogen and oxygen atoms in total. The highest BCUT2D eigenvalue weighted by atomic mass is 19.1. The molecule has 0 radical (unpaired) electrons. The predicted molar refractivity (Wildman–Crippen MR) is 113 cm³/mol. The summed E-state index contributed by atoms with van der Waals surface area (Å²) in [6.07, 6.45) is 5.14. The van der Waals surface area contributed by atoms with Crippen LogP contribution < -0.4 is 15.4 Å². The molecule has 1 saturated heterocycles. The lowest BCUT2D eigenvalue weighted by atomic mass is 10.2. The van der Waals surface area contributed by atoms with Gasteiger partial charge in [0.25, 0.3) is 0 Å². The molecule has 1 aromatic heterocycles. The zero-order chi connectivity index (χ0) is 21.0. The summed E-state index contributed by atoms with van der Waals surface area (Å²) in [5.41, 5.74) is 0.990. The molecule has 1 aliphatic heterocycles. The van der Waals surface area contributed by atoms with Gasteiger partial charge in [-0.1, -0.05) is 6.07 Å². The van der Waals surface area contributed by atoms with Crippen LogP contribution in [0.2, 0.25) is 0 Å². The molecule has 1 unspecified atom stereocenters. The lowest BCUT2D eigenvalue weighted by molar-refractivity contribution is 0.0168. The minimum atomic E-state index is -0.301. The third-order valence-corrected chi connectivity index (χ3v) is 4.60. The fourth-order valence-corrected chi connectivity index (χ4v) is 2.98. The molecule has 30 heavy (non-hydrogen) atoms. The molecule has 0 aliphatic carbocycles. The van der Waals surface area contributed by atoms with Crippen LogP contribution in [0.3, 0.4) is 0 Å². The van der Waals surface area contributed by atoms with Gasteiger partial charge in [0, 0.05) is 45.6 Å². The summed E-state index contributed by atoms with van der Waals surface area (Å²) in [5, 5.41) is 6.52. The Hall–Kier alpha value is -2.71. The van der Waals surface area contributed by atoms with Crippen molar-refractivity contribution >= 4 is 5.96 Å². The fraction of sp³-hybridized carbons (Fsp3) is 0.455. The second kappa shape index (κ2) is 12.1. The second-order valence-electron chi connectivity index (χ2n) is 6.98. The zero-order valence-corrected chi connectivity index (χ0v) is 17.3. The highest BCUT2D eigenvalue weighted by Gasteiger charge is 2.14. The van der Waals surface area contributed by atoms with Crippen LogP contribution in [0, 0.1) is 5.82 Å². The smallest absolute Gasteiger partial charge is 0.219 e. The fourth-order valence-electron chi connectivity index (χ4n) is 2.98. The first-order valence-corrected chi connectivity index (χ1v) is 10.2. The zero-order valence-electron chi connectivity index (χ0n) is 17.3. The summed E-state index contributed by atoms with van der Waals surface area (Å²) < 4.78 is 29.7. The Bertz CT molecular complexity index is 778. The number of nitrogens with zero attached hydrogens (tertiary/aromatic N) is 2. The minimum absolute atomic E-state index is 0.272. The quantitative estimate of drug-likeness (QED) is 0.352. The number of nitrogens with one attached hydrogen (secondary N) is 2. The molecule has 2 N–H and O–H groups in total. The van der Waals surface area contributed by atoms with E-state index in [0.29, 0.717) is 31.4 Å². The molecule has 2 heterocycles. The topological polar surface area (TPSA) is 77.0 Å². The van der Waals surface area contributed by atoms with Gasteiger partial charge >= 0.3 is 0 Å². The Kier molecular flexibility index (Phi) is 8.86. The van der Waals surface area contributed by atoms with Gasteiger partial charge in [0.2, 0.25) is 5.88 Å². The number of aromatic nitrogens is 1. The van der Waals surface area contributed by atoms with Crippen molar-refractivity contribution in [3.05, 3.63) is 54.0 Å². The summed E-state index contributed by atoms with van der Waals surface area (Å²) >= 11 is 0. The van der Waals surface area contributed by atoms with Crippen LogP contribution in [-0.4, -0.2) is 50.5 Å². The van der Waals surface area contributed by atoms with E-state index in [9.17, 15) is 4.39 Å². The van der Waals surface area contributed by atoms with Gasteiger partial charge in [0.05, 0.1) is 12.7 Å². The van der Waals surface area contributed by atoms with Crippen molar-refractivity contribution < 1.29 is 18.6 Å². The van der Waals surface area contributed by atoms with E-state index < -0.39 is 0 Å². The molecular formula is C22H29FN4O3. The van der Waals surface area contributed by atoms with Crippen molar-refractivity contribution in [2.45, 2.75) is 31.9 Å². The molecule has 1 fully saturated rings. The van der Waals surface area contributed by atoms with Gasteiger partial charge in [0.1, 0.15) is 11.6 Å².